The molecule has 0 saturated carbocycles. The van der Waals surface area contributed by atoms with Gasteiger partial charge in [0.2, 0.25) is 0 Å². The predicted octanol–water partition coefficient (Wildman–Crippen LogP) is -0.468. The maximum absolute atomic E-state index is 12.2. The Bertz CT molecular complexity index is 463. The number of hydrogen-bond donors (Lipinski definition) is 2. The number of carboxylic acids is 1. The number of nitrogens with zero attached hydrogens (tertiary/aromatic N) is 4. The molecule has 1 atom stereocenters. The van der Waals surface area contributed by atoms with Crippen LogP contribution in [0.2, 0.25) is 0 Å². The van der Waals surface area contributed by atoms with E-state index in [9.17, 15) is 9.59 Å². The summed E-state index contributed by atoms with van der Waals surface area (Å²) in [6.45, 7) is 1.40. The van der Waals surface area contributed by atoms with Gasteiger partial charge in [-0.3, -0.25) is 9.89 Å². The molecule has 1 aliphatic heterocycles. The molecule has 9 heteroatoms. The molecule has 1 fully saturated rings. The number of aliphatic carboxylic acids is 1. The van der Waals surface area contributed by atoms with E-state index >= 15 is 0 Å². The second kappa shape index (κ2) is 6.33. The average molecular weight is 283 g/mol. The van der Waals surface area contributed by atoms with Gasteiger partial charge in [0.15, 0.2) is 0 Å². The molecule has 0 radical (unpaired) electrons. The maximum atomic E-state index is 12.2. The van der Waals surface area contributed by atoms with Gasteiger partial charge in [0.05, 0.1) is 25.7 Å². The van der Waals surface area contributed by atoms with Crippen molar-refractivity contribution >= 4 is 12.0 Å². The van der Waals surface area contributed by atoms with Gasteiger partial charge in [0.1, 0.15) is 12.2 Å². The van der Waals surface area contributed by atoms with Crippen molar-refractivity contribution in [2.24, 2.45) is 0 Å². The van der Waals surface area contributed by atoms with Crippen LogP contribution in [0.5, 0.6) is 0 Å². The van der Waals surface area contributed by atoms with Crippen LogP contribution < -0.4 is 0 Å². The van der Waals surface area contributed by atoms with Crippen molar-refractivity contribution in [3.63, 3.8) is 0 Å². The fourth-order valence-electron chi connectivity index (χ4n) is 2.05. The molecule has 20 heavy (non-hydrogen) atoms. The van der Waals surface area contributed by atoms with Crippen molar-refractivity contribution in [3.8, 4) is 0 Å². The molecule has 2 rings (SSSR count). The Hall–Kier alpha value is -2.16. The number of aromatic amines is 1. The lowest BCUT2D eigenvalue weighted by Crippen LogP contribution is -2.50. The van der Waals surface area contributed by atoms with E-state index in [2.05, 4.69) is 15.2 Å². The van der Waals surface area contributed by atoms with E-state index in [0.29, 0.717) is 25.5 Å². The fourth-order valence-corrected chi connectivity index (χ4v) is 2.05. The molecule has 1 aliphatic rings. The highest BCUT2D eigenvalue weighted by Gasteiger charge is 2.27. The van der Waals surface area contributed by atoms with Gasteiger partial charge >= 0.3 is 12.0 Å². The molecule has 0 spiro atoms. The van der Waals surface area contributed by atoms with Crippen LogP contribution in [0.3, 0.4) is 0 Å². The first-order chi connectivity index (χ1) is 9.56. The number of amides is 2. The summed E-state index contributed by atoms with van der Waals surface area (Å²) in [7, 11) is 1.66. The van der Waals surface area contributed by atoms with Crippen LogP contribution in [-0.4, -0.2) is 74.9 Å². The summed E-state index contributed by atoms with van der Waals surface area (Å²) in [6.07, 6.45) is 0.824. The smallest absolute Gasteiger partial charge is 0.320 e. The molecule has 2 amide bonds. The quantitative estimate of drug-likeness (QED) is 0.772. The standard InChI is InChI=1S/C11H17N5O4/c1-15(6-9-12-7-13-14-9)11(19)16-2-3-20-8(5-16)4-10(17)18/h7-8H,2-6H2,1H3,(H,17,18)(H,12,13,14). The summed E-state index contributed by atoms with van der Waals surface area (Å²) in [5, 5.41) is 15.2. The van der Waals surface area contributed by atoms with E-state index in [1.54, 1.807) is 11.9 Å². The minimum Gasteiger partial charge on any atom is -0.481 e. The first kappa shape index (κ1) is 14.3. The van der Waals surface area contributed by atoms with Gasteiger partial charge in [0, 0.05) is 20.1 Å². The van der Waals surface area contributed by atoms with Gasteiger partial charge in [-0.05, 0) is 0 Å². The van der Waals surface area contributed by atoms with Crippen molar-refractivity contribution < 1.29 is 19.4 Å². The van der Waals surface area contributed by atoms with E-state index in [4.69, 9.17) is 9.84 Å². The number of urea groups is 1. The van der Waals surface area contributed by atoms with E-state index in [1.165, 1.54) is 11.2 Å². The summed E-state index contributed by atoms with van der Waals surface area (Å²) < 4.78 is 5.33. The largest absolute Gasteiger partial charge is 0.481 e. The number of aromatic nitrogens is 3. The minimum absolute atomic E-state index is 0.102. The third-order valence-corrected chi connectivity index (χ3v) is 2.99. The number of morpholine rings is 1. The fraction of sp³-hybridized carbons (Fsp3) is 0.636. The molecular formula is C11H17N5O4. The highest BCUT2D eigenvalue weighted by Crippen LogP contribution is 2.11. The minimum atomic E-state index is -0.931. The number of carbonyl (C=O) groups excluding carboxylic acids is 1. The van der Waals surface area contributed by atoms with E-state index < -0.39 is 12.1 Å². The summed E-state index contributed by atoms with van der Waals surface area (Å²) in [5.41, 5.74) is 0. The average Bonchev–Trinajstić information content (AvgIpc) is 2.90. The summed E-state index contributed by atoms with van der Waals surface area (Å²) in [4.78, 5) is 30.0. The molecule has 0 bridgehead atoms. The third-order valence-electron chi connectivity index (χ3n) is 2.99. The maximum Gasteiger partial charge on any atom is 0.320 e. The molecule has 1 aromatic rings. The first-order valence-electron chi connectivity index (χ1n) is 6.24. The van der Waals surface area contributed by atoms with Crippen molar-refractivity contribution in [2.45, 2.75) is 19.1 Å². The molecular weight excluding hydrogens is 266 g/mol. The molecule has 1 aromatic heterocycles. The zero-order valence-corrected chi connectivity index (χ0v) is 11.2. The van der Waals surface area contributed by atoms with Crippen LogP contribution in [0.25, 0.3) is 0 Å². The van der Waals surface area contributed by atoms with Gasteiger partial charge in [-0.1, -0.05) is 0 Å². The highest BCUT2D eigenvalue weighted by atomic mass is 16.5. The second-order valence-corrected chi connectivity index (χ2v) is 4.61. The predicted molar refractivity (Wildman–Crippen MR) is 66.8 cm³/mol. The Labute approximate surface area is 115 Å². The first-order valence-corrected chi connectivity index (χ1v) is 6.24. The van der Waals surface area contributed by atoms with Crippen LogP contribution in [0.1, 0.15) is 12.2 Å². The van der Waals surface area contributed by atoms with E-state index in [0.717, 1.165) is 0 Å². The van der Waals surface area contributed by atoms with Crippen LogP contribution in [0.4, 0.5) is 4.79 Å². The molecule has 9 nitrogen and oxygen atoms in total. The number of hydrogen-bond acceptors (Lipinski definition) is 5. The number of carbonyl (C=O) groups is 2. The van der Waals surface area contributed by atoms with Gasteiger partial charge in [-0.25, -0.2) is 9.78 Å². The van der Waals surface area contributed by atoms with E-state index in [-0.39, 0.29) is 19.0 Å². The van der Waals surface area contributed by atoms with Gasteiger partial charge < -0.3 is 19.6 Å². The summed E-state index contributed by atoms with van der Waals surface area (Å²) in [6, 6.07) is -0.180. The van der Waals surface area contributed by atoms with Gasteiger partial charge in [-0.2, -0.15) is 5.10 Å². The Morgan fingerprint density at radius 3 is 3.10 bits per heavy atom. The van der Waals surface area contributed by atoms with E-state index in [1.807, 2.05) is 0 Å². The summed E-state index contributed by atoms with van der Waals surface area (Å²) >= 11 is 0. The number of H-pyrrole nitrogens is 1. The molecule has 0 aromatic carbocycles. The molecule has 110 valence electrons. The Kier molecular flexibility index (Phi) is 4.51. The van der Waals surface area contributed by atoms with Crippen molar-refractivity contribution in [1.29, 1.82) is 0 Å². The van der Waals surface area contributed by atoms with Crippen molar-refractivity contribution in [2.75, 3.05) is 26.7 Å². The van der Waals surface area contributed by atoms with Crippen molar-refractivity contribution in [1.82, 2.24) is 25.0 Å². The van der Waals surface area contributed by atoms with Crippen LogP contribution in [0.15, 0.2) is 6.33 Å². The van der Waals surface area contributed by atoms with Gasteiger partial charge in [-0.15, -0.1) is 0 Å². The Balaban J connectivity index is 1.89. The topological polar surface area (TPSA) is 112 Å². The highest BCUT2D eigenvalue weighted by molar-refractivity contribution is 5.74. The molecule has 2 N–H and O–H groups in total. The van der Waals surface area contributed by atoms with Crippen molar-refractivity contribution in [3.05, 3.63) is 12.2 Å². The lowest BCUT2D eigenvalue weighted by Gasteiger charge is -2.34. The molecule has 1 unspecified atom stereocenters. The number of carboxylic acid groups (broad SMARTS) is 1. The monoisotopic (exact) mass is 283 g/mol. The number of rotatable bonds is 4. The zero-order valence-electron chi connectivity index (χ0n) is 11.2. The van der Waals surface area contributed by atoms with Crippen LogP contribution in [-0.2, 0) is 16.1 Å². The van der Waals surface area contributed by atoms with Crippen LogP contribution in [0, 0.1) is 0 Å². The number of nitrogens with one attached hydrogen (secondary N) is 1. The zero-order chi connectivity index (χ0) is 14.5. The molecule has 0 aliphatic carbocycles. The molecule has 1 saturated heterocycles. The van der Waals surface area contributed by atoms with Gasteiger partial charge in [0.25, 0.3) is 0 Å². The lowest BCUT2D eigenvalue weighted by atomic mass is 10.2. The lowest BCUT2D eigenvalue weighted by molar-refractivity contribution is -0.141. The summed E-state index contributed by atoms with van der Waals surface area (Å²) in [5.74, 6) is -0.337. The SMILES string of the molecule is CN(Cc1ncn[nH]1)C(=O)N1CCOC(CC(=O)O)C1. The Morgan fingerprint density at radius 1 is 1.65 bits per heavy atom. The second-order valence-electron chi connectivity index (χ2n) is 4.61. The number of ether oxygens (including phenoxy) is 1. The van der Waals surface area contributed by atoms with Crippen LogP contribution >= 0.6 is 0 Å². The normalized spacial score (nSPS) is 18.9. The molecule has 2 heterocycles. The third kappa shape index (κ3) is 3.67. The Morgan fingerprint density at radius 2 is 2.45 bits per heavy atom.